The van der Waals surface area contributed by atoms with Crippen LogP contribution in [0.3, 0.4) is 0 Å². The van der Waals surface area contributed by atoms with Gasteiger partial charge < -0.3 is 10.6 Å². The van der Waals surface area contributed by atoms with E-state index >= 15 is 0 Å². The van der Waals surface area contributed by atoms with Gasteiger partial charge in [-0.2, -0.15) is 16.6 Å². The number of nitrogens with zero attached hydrogens (tertiary/aromatic N) is 2. The van der Waals surface area contributed by atoms with Gasteiger partial charge in [-0.3, -0.25) is 9.69 Å². The highest BCUT2D eigenvalue weighted by atomic mass is 32.1. The summed E-state index contributed by atoms with van der Waals surface area (Å²) in [5.41, 5.74) is 2.57. The maximum Gasteiger partial charge on any atom is 0.239 e. The number of rotatable bonds is 5. The van der Waals surface area contributed by atoms with Crippen LogP contribution in [0.5, 0.6) is 0 Å². The molecule has 0 saturated carbocycles. The lowest BCUT2D eigenvalue weighted by molar-refractivity contribution is -0.117. The van der Waals surface area contributed by atoms with Crippen molar-refractivity contribution in [1.29, 1.82) is 5.26 Å². The number of fused-ring (bicyclic) bond motifs is 1. The quantitative estimate of drug-likeness (QED) is 0.796. The molecule has 3 heterocycles. The fourth-order valence-corrected chi connectivity index (χ4v) is 5.80. The van der Waals surface area contributed by atoms with Crippen LogP contribution < -0.4 is 10.6 Å². The molecular formula is C20H26N4OS2. The third kappa shape index (κ3) is 4.41. The predicted octanol–water partition coefficient (Wildman–Crippen LogP) is 3.91. The number of amides is 1. The SMILES string of the molecule is CN(CC(=O)Nc1sc2c(c1C#N)CC(C)(C)NC2(C)C)Cc1ccsc1. The molecule has 144 valence electrons. The van der Waals surface area contributed by atoms with E-state index in [-0.39, 0.29) is 23.5 Å². The van der Waals surface area contributed by atoms with Crippen LogP contribution in [0.2, 0.25) is 0 Å². The molecule has 27 heavy (non-hydrogen) atoms. The molecule has 0 saturated heterocycles. The van der Waals surface area contributed by atoms with Crippen LogP contribution in [-0.2, 0) is 23.3 Å². The molecule has 0 bridgehead atoms. The number of nitriles is 1. The largest absolute Gasteiger partial charge is 0.315 e. The third-order valence-corrected chi connectivity index (χ3v) is 6.86. The Morgan fingerprint density at radius 1 is 1.41 bits per heavy atom. The molecule has 3 rings (SSSR count). The van der Waals surface area contributed by atoms with Crippen molar-refractivity contribution in [2.45, 2.75) is 51.7 Å². The van der Waals surface area contributed by atoms with Gasteiger partial charge >= 0.3 is 0 Å². The van der Waals surface area contributed by atoms with Crippen LogP contribution in [0, 0.1) is 11.3 Å². The Labute approximate surface area is 169 Å². The first kappa shape index (κ1) is 20.0. The molecule has 0 unspecified atom stereocenters. The van der Waals surface area contributed by atoms with Crippen molar-refractivity contribution in [3.05, 3.63) is 38.4 Å². The highest BCUT2D eigenvalue weighted by molar-refractivity contribution is 7.17. The molecule has 2 N–H and O–H groups in total. The summed E-state index contributed by atoms with van der Waals surface area (Å²) in [6.45, 7) is 9.57. The van der Waals surface area contributed by atoms with Gasteiger partial charge in [0.1, 0.15) is 11.1 Å². The number of anilines is 1. The molecule has 1 aliphatic heterocycles. The van der Waals surface area contributed by atoms with Gasteiger partial charge in [-0.1, -0.05) is 0 Å². The molecule has 0 aliphatic carbocycles. The molecule has 0 spiro atoms. The first-order chi connectivity index (χ1) is 12.6. The number of carbonyl (C=O) groups is 1. The van der Waals surface area contributed by atoms with Crippen molar-refractivity contribution in [2.75, 3.05) is 18.9 Å². The predicted molar refractivity (Wildman–Crippen MR) is 112 cm³/mol. The van der Waals surface area contributed by atoms with E-state index < -0.39 is 0 Å². The Bertz CT molecular complexity index is 875. The standard InChI is InChI=1S/C20H26N4OS2/c1-19(2)8-14-15(9-21)18(27-17(14)20(3,4)23-19)22-16(25)11-24(5)10-13-6-7-26-12-13/h6-7,12,23H,8,10-11H2,1-5H3,(H,22,25). The monoisotopic (exact) mass is 402 g/mol. The Balaban J connectivity index is 1.77. The van der Waals surface area contributed by atoms with E-state index in [0.717, 1.165) is 23.4 Å². The maximum atomic E-state index is 12.6. The zero-order valence-corrected chi connectivity index (χ0v) is 18.1. The molecule has 2 aromatic heterocycles. The molecule has 0 aromatic carbocycles. The van der Waals surface area contributed by atoms with Crippen molar-refractivity contribution < 1.29 is 4.79 Å². The van der Waals surface area contributed by atoms with Gasteiger partial charge in [0, 0.05) is 22.5 Å². The molecule has 1 aliphatic rings. The van der Waals surface area contributed by atoms with E-state index in [0.29, 0.717) is 10.6 Å². The van der Waals surface area contributed by atoms with Crippen LogP contribution >= 0.6 is 22.7 Å². The van der Waals surface area contributed by atoms with Gasteiger partial charge in [0.25, 0.3) is 0 Å². The van der Waals surface area contributed by atoms with E-state index in [1.165, 1.54) is 16.9 Å². The fraction of sp³-hybridized carbons (Fsp3) is 0.500. The van der Waals surface area contributed by atoms with Crippen LogP contribution in [-0.4, -0.2) is 29.9 Å². The third-order valence-electron chi connectivity index (χ3n) is 4.66. The van der Waals surface area contributed by atoms with Crippen LogP contribution in [0.4, 0.5) is 5.00 Å². The van der Waals surface area contributed by atoms with Crippen LogP contribution in [0.15, 0.2) is 16.8 Å². The summed E-state index contributed by atoms with van der Waals surface area (Å²) in [5, 5.41) is 21.2. The minimum Gasteiger partial charge on any atom is -0.315 e. The number of hydrogen-bond donors (Lipinski definition) is 2. The maximum absolute atomic E-state index is 12.6. The zero-order valence-electron chi connectivity index (χ0n) is 16.5. The van der Waals surface area contributed by atoms with Crippen LogP contribution in [0.1, 0.15) is 49.3 Å². The van der Waals surface area contributed by atoms with Crippen molar-refractivity contribution >= 4 is 33.6 Å². The van der Waals surface area contributed by atoms with E-state index in [1.807, 2.05) is 17.3 Å². The summed E-state index contributed by atoms with van der Waals surface area (Å²) >= 11 is 3.18. The highest BCUT2D eigenvalue weighted by Gasteiger charge is 2.40. The molecule has 2 aromatic rings. The summed E-state index contributed by atoms with van der Waals surface area (Å²) < 4.78 is 0. The van der Waals surface area contributed by atoms with Gasteiger partial charge in [0.15, 0.2) is 0 Å². The topological polar surface area (TPSA) is 68.2 Å². The molecule has 7 heteroatoms. The Kier molecular flexibility index (Phi) is 5.46. The molecule has 0 atom stereocenters. The second-order valence-corrected chi connectivity index (χ2v) is 10.2. The van der Waals surface area contributed by atoms with E-state index in [4.69, 9.17) is 0 Å². The Hall–Kier alpha value is -1.72. The van der Waals surface area contributed by atoms with Gasteiger partial charge in [-0.15, -0.1) is 11.3 Å². The normalized spacial score (nSPS) is 17.4. The van der Waals surface area contributed by atoms with E-state index in [9.17, 15) is 10.1 Å². The molecule has 5 nitrogen and oxygen atoms in total. The number of likely N-dealkylation sites (N-methyl/N-ethyl adjacent to an activating group) is 1. The number of nitrogens with one attached hydrogen (secondary N) is 2. The van der Waals surface area contributed by atoms with Crippen molar-refractivity contribution in [3.8, 4) is 6.07 Å². The van der Waals surface area contributed by atoms with E-state index in [2.05, 4.69) is 55.8 Å². The van der Waals surface area contributed by atoms with E-state index in [1.54, 1.807) is 11.3 Å². The van der Waals surface area contributed by atoms with Crippen LogP contribution in [0.25, 0.3) is 0 Å². The molecular weight excluding hydrogens is 376 g/mol. The average molecular weight is 403 g/mol. The summed E-state index contributed by atoms with van der Waals surface area (Å²) in [7, 11) is 1.93. The first-order valence-electron chi connectivity index (χ1n) is 8.96. The number of carbonyl (C=O) groups excluding carboxylic acids is 1. The average Bonchev–Trinajstić information content (AvgIpc) is 3.13. The second kappa shape index (κ2) is 7.36. The zero-order chi connectivity index (χ0) is 19.8. The van der Waals surface area contributed by atoms with Gasteiger partial charge in [-0.25, -0.2) is 0 Å². The summed E-state index contributed by atoms with van der Waals surface area (Å²) in [4.78, 5) is 15.7. The molecule has 0 radical (unpaired) electrons. The number of thiophene rings is 2. The lowest BCUT2D eigenvalue weighted by Gasteiger charge is -2.42. The lowest BCUT2D eigenvalue weighted by atomic mass is 9.81. The first-order valence-corrected chi connectivity index (χ1v) is 10.7. The minimum atomic E-state index is -0.230. The fourth-order valence-electron chi connectivity index (χ4n) is 3.90. The Morgan fingerprint density at radius 3 is 2.78 bits per heavy atom. The molecule has 0 fully saturated rings. The lowest BCUT2D eigenvalue weighted by Crippen LogP contribution is -2.54. The Morgan fingerprint density at radius 2 is 2.15 bits per heavy atom. The van der Waals surface area contributed by atoms with Gasteiger partial charge in [-0.05, 0) is 69.1 Å². The smallest absolute Gasteiger partial charge is 0.239 e. The van der Waals surface area contributed by atoms with Gasteiger partial charge in [0.2, 0.25) is 5.91 Å². The second-order valence-electron chi connectivity index (χ2n) is 8.39. The van der Waals surface area contributed by atoms with Crippen molar-refractivity contribution in [2.24, 2.45) is 0 Å². The minimum absolute atomic E-state index is 0.0900. The summed E-state index contributed by atoms with van der Waals surface area (Å²) in [6.07, 6.45) is 0.777. The summed E-state index contributed by atoms with van der Waals surface area (Å²) in [6, 6.07) is 4.40. The number of hydrogen-bond acceptors (Lipinski definition) is 6. The highest BCUT2D eigenvalue weighted by Crippen LogP contribution is 2.44. The molecule has 1 amide bonds. The van der Waals surface area contributed by atoms with Crippen molar-refractivity contribution in [1.82, 2.24) is 10.2 Å². The van der Waals surface area contributed by atoms with Gasteiger partial charge in [0.05, 0.1) is 12.1 Å². The van der Waals surface area contributed by atoms with Crippen molar-refractivity contribution in [3.63, 3.8) is 0 Å². The summed E-state index contributed by atoms with van der Waals surface area (Å²) in [5.74, 6) is -0.0900.